The van der Waals surface area contributed by atoms with Crippen molar-refractivity contribution in [3.05, 3.63) is 0 Å². The van der Waals surface area contributed by atoms with Crippen molar-refractivity contribution in [2.75, 3.05) is 20.3 Å². The SMILES string of the molecule is COCCC(=O)NCCCC(C)=O. The summed E-state index contributed by atoms with van der Waals surface area (Å²) in [6, 6.07) is 0. The number of Topliss-reactive ketones (excluding diaryl/α,β-unsaturated/α-hetero) is 1. The zero-order valence-corrected chi connectivity index (χ0v) is 8.26. The van der Waals surface area contributed by atoms with Crippen LogP contribution in [-0.4, -0.2) is 32.0 Å². The topological polar surface area (TPSA) is 55.4 Å². The van der Waals surface area contributed by atoms with Crippen LogP contribution in [0.5, 0.6) is 0 Å². The summed E-state index contributed by atoms with van der Waals surface area (Å²) >= 11 is 0. The predicted molar refractivity (Wildman–Crippen MR) is 49.4 cm³/mol. The third kappa shape index (κ3) is 9.01. The molecule has 0 saturated heterocycles. The number of hydrogen-bond acceptors (Lipinski definition) is 3. The number of hydrogen-bond donors (Lipinski definition) is 1. The summed E-state index contributed by atoms with van der Waals surface area (Å²) in [5, 5.41) is 2.70. The van der Waals surface area contributed by atoms with Crippen molar-refractivity contribution in [2.24, 2.45) is 0 Å². The van der Waals surface area contributed by atoms with E-state index in [9.17, 15) is 9.59 Å². The van der Waals surface area contributed by atoms with Crippen molar-refractivity contribution >= 4 is 11.7 Å². The van der Waals surface area contributed by atoms with E-state index in [2.05, 4.69) is 5.32 Å². The van der Waals surface area contributed by atoms with Crippen LogP contribution in [0.15, 0.2) is 0 Å². The molecule has 0 aliphatic carbocycles. The fourth-order valence-corrected chi connectivity index (χ4v) is 0.848. The van der Waals surface area contributed by atoms with Crippen LogP contribution in [0.2, 0.25) is 0 Å². The molecular formula is C9H17NO3. The zero-order valence-electron chi connectivity index (χ0n) is 8.26. The molecule has 0 aromatic heterocycles. The lowest BCUT2D eigenvalue weighted by atomic mass is 10.2. The molecule has 4 heteroatoms. The Labute approximate surface area is 78.6 Å². The van der Waals surface area contributed by atoms with Gasteiger partial charge in [0, 0.05) is 26.5 Å². The standard InChI is InChI=1S/C9H17NO3/c1-8(11)4-3-6-10-9(12)5-7-13-2/h3-7H2,1-2H3,(H,10,12). The molecule has 0 unspecified atom stereocenters. The van der Waals surface area contributed by atoms with Gasteiger partial charge in [-0.3, -0.25) is 4.79 Å². The van der Waals surface area contributed by atoms with Crippen LogP contribution in [0, 0.1) is 0 Å². The molecule has 0 aromatic carbocycles. The van der Waals surface area contributed by atoms with Gasteiger partial charge in [0.05, 0.1) is 6.61 Å². The molecule has 0 aromatic rings. The zero-order chi connectivity index (χ0) is 10.1. The van der Waals surface area contributed by atoms with Gasteiger partial charge < -0.3 is 14.8 Å². The fourth-order valence-electron chi connectivity index (χ4n) is 0.848. The molecule has 0 radical (unpaired) electrons. The molecule has 0 rings (SSSR count). The van der Waals surface area contributed by atoms with Crippen molar-refractivity contribution in [2.45, 2.75) is 26.2 Å². The number of methoxy groups -OCH3 is 1. The highest BCUT2D eigenvalue weighted by molar-refractivity contribution is 5.76. The van der Waals surface area contributed by atoms with Gasteiger partial charge in [0.1, 0.15) is 5.78 Å². The Hall–Kier alpha value is -0.900. The summed E-state index contributed by atoms with van der Waals surface area (Å²) in [6.07, 6.45) is 1.63. The molecular weight excluding hydrogens is 170 g/mol. The van der Waals surface area contributed by atoms with Gasteiger partial charge in [-0.15, -0.1) is 0 Å². The maximum absolute atomic E-state index is 11.0. The van der Waals surface area contributed by atoms with Crippen LogP contribution < -0.4 is 5.32 Å². The Morgan fingerprint density at radius 3 is 2.54 bits per heavy atom. The lowest BCUT2D eigenvalue weighted by molar-refractivity contribution is -0.122. The van der Waals surface area contributed by atoms with Crippen LogP contribution in [0.4, 0.5) is 0 Å². The second-order valence-corrected chi connectivity index (χ2v) is 2.90. The van der Waals surface area contributed by atoms with E-state index in [0.29, 0.717) is 32.4 Å². The minimum atomic E-state index is -0.0228. The first-order chi connectivity index (χ1) is 6.16. The van der Waals surface area contributed by atoms with Gasteiger partial charge in [-0.2, -0.15) is 0 Å². The van der Waals surface area contributed by atoms with Crippen LogP contribution in [0.25, 0.3) is 0 Å². The summed E-state index contributed by atoms with van der Waals surface area (Å²) in [7, 11) is 1.56. The van der Waals surface area contributed by atoms with Gasteiger partial charge in [0.15, 0.2) is 0 Å². The van der Waals surface area contributed by atoms with E-state index in [1.165, 1.54) is 0 Å². The van der Waals surface area contributed by atoms with Crippen LogP contribution in [0.3, 0.4) is 0 Å². The average Bonchev–Trinajstić information content (AvgIpc) is 2.08. The van der Waals surface area contributed by atoms with E-state index in [4.69, 9.17) is 4.74 Å². The second kappa shape index (κ2) is 7.73. The van der Waals surface area contributed by atoms with E-state index >= 15 is 0 Å². The predicted octanol–water partition coefficient (Wildman–Crippen LogP) is 0.508. The average molecular weight is 187 g/mol. The van der Waals surface area contributed by atoms with Gasteiger partial charge in [-0.05, 0) is 13.3 Å². The van der Waals surface area contributed by atoms with E-state index < -0.39 is 0 Å². The Morgan fingerprint density at radius 2 is 2.00 bits per heavy atom. The minimum absolute atomic E-state index is 0.0228. The molecule has 0 aliphatic rings. The van der Waals surface area contributed by atoms with Crippen molar-refractivity contribution < 1.29 is 14.3 Å². The lowest BCUT2D eigenvalue weighted by Gasteiger charge is -2.03. The summed E-state index contributed by atoms with van der Waals surface area (Å²) in [6.45, 7) is 2.56. The smallest absolute Gasteiger partial charge is 0.222 e. The summed E-state index contributed by atoms with van der Waals surface area (Å²) in [5.41, 5.74) is 0. The summed E-state index contributed by atoms with van der Waals surface area (Å²) in [4.78, 5) is 21.5. The quantitative estimate of drug-likeness (QED) is 0.591. The summed E-state index contributed by atoms with van der Waals surface area (Å²) < 4.78 is 4.74. The third-order valence-corrected chi connectivity index (χ3v) is 1.56. The van der Waals surface area contributed by atoms with Gasteiger partial charge >= 0.3 is 0 Å². The maximum Gasteiger partial charge on any atom is 0.222 e. The number of nitrogens with one attached hydrogen (secondary N) is 1. The van der Waals surface area contributed by atoms with E-state index in [0.717, 1.165) is 0 Å². The number of carbonyl (C=O) groups excluding carboxylic acids is 2. The first kappa shape index (κ1) is 12.1. The number of ketones is 1. The number of amides is 1. The molecule has 0 aliphatic heterocycles. The highest BCUT2D eigenvalue weighted by atomic mass is 16.5. The van der Waals surface area contributed by atoms with Gasteiger partial charge in [0.25, 0.3) is 0 Å². The van der Waals surface area contributed by atoms with Crippen LogP contribution >= 0.6 is 0 Å². The highest BCUT2D eigenvalue weighted by Gasteiger charge is 1.99. The molecule has 0 saturated carbocycles. The Bertz CT molecular complexity index is 168. The maximum atomic E-state index is 11.0. The Kier molecular flexibility index (Phi) is 7.20. The molecule has 76 valence electrons. The molecule has 0 spiro atoms. The molecule has 0 atom stereocenters. The van der Waals surface area contributed by atoms with Crippen molar-refractivity contribution in [3.63, 3.8) is 0 Å². The van der Waals surface area contributed by atoms with Crippen molar-refractivity contribution in [3.8, 4) is 0 Å². The van der Waals surface area contributed by atoms with E-state index in [1.54, 1.807) is 14.0 Å². The van der Waals surface area contributed by atoms with Crippen LogP contribution in [0.1, 0.15) is 26.2 Å². The first-order valence-corrected chi connectivity index (χ1v) is 4.42. The number of ether oxygens (including phenoxy) is 1. The third-order valence-electron chi connectivity index (χ3n) is 1.56. The van der Waals surface area contributed by atoms with Crippen LogP contribution in [-0.2, 0) is 14.3 Å². The van der Waals surface area contributed by atoms with E-state index in [1.807, 2.05) is 0 Å². The van der Waals surface area contributed by atoms with Crippen molar-refractivity contribution in [1.29, 1.82) is 0 Å². The highest BCUT2D eigenvalue weighted by Crippen LogP contribution is 1.88. The Morgan fingerprint density at radius 1 is 1.31 bits per heavy atom. The van der Waals surface area contributed by atoms with Gasteiger partial charge in [0.2, 0.25) is 5.91 Å². The summed E-state index contributed by atoms with van der Waals surface area (Å²) in [5.74, 6) is 0.136. The van der Waals surface area contributed by atoms with Gasteiger partial charge in [-0.25, -0.2) is 0 Å². The van der Waals surface area contributed by atoms with Crippen molar-refractivity contribution in [1.82, 2.24) is 5.32 Å². The molecule has 0 fully saturated rings. The van der Waals surface area contributed by atoms with E-state index in [-0.39, 0.29) is 11.7 Å². The molecule has 4 nitrogen and oxygen atoms in total. The monoisotopic (exact) mass is 187 g/mol. The number of carbonyl (C=O) groups is 2. The fraction of sp³-hybridized carbons (Fsp3) is 0.778. The molecule has 0 heterocycles. The Balaban J connectivity index is 3.22. The second-order valence-electron chi connectivity index (χ2n) is 2.90. The number of rotatable bonds is 7. The molecule has 0 bridgehead atoms. The molecule has 13 heavy (non-hydrogen) atoms. The largest absolute Gasteiger partial charge is 0.384 e. The normalized spacial score (nSPS) is 9.69. The molecule has 1 N–H and O–H groups in total. The molecule has 1 amide bonds. The van der Waals surface area contributed by atoms with Gasteiger partial charge in [-0.1, -0.05) is 0 Å². The lowest BCUT2D eigenvalue weighted by Crippen LogP contribution is -2.25. The first-order valence-electron chi connectivity index (χ1n) is 4.42. The minimum Gasteiger partial charge on any atom is -0.384 e.